The lowest BCUT2D eigenvalue weighted by Gasteiger charge is -2.31. The van der Waals surface area contributed by atoms with Crippen LogP contribution in [0.3, 0.4) is 0 Å². The van der Waals surface area contributed by atoms with Gasteiger partial charge in [0.05, 0.1) is 12.7 Å². The molecule has 1 fully saturated rings. The van der Waals surface area contributed by atoms with Gasteiger partial charge in [0.25, 0.3) is 5.91 Å². The number of nitrogens with zero attached hydrogens (tertiary/aromatic N) is 1. The molecule has 0 radical (unpaired) electrons. The molecule has 0 atom stereocenters. The van der Waals surface area contributed by atoms with E-state index in [4.69, 9.17) is 4.74 Å². The lowest BCUT2D eigenvalue weighted by molar-refractivity contribution is 0.0724. The molecule has 0 aliphatic carbocycles. The monoisotopic (exact) mass is 343 g/mol. The van der Waals surface area contributed by atoms with Crippen molar-refractivity contribution >= 4 is 33.6 Å². The molecule has 2 rings (SSSR count). The number of hydrogen-bond donors (Lipinski definition) is 0. The Morgan fingerprint density at radius 3 is 2.68 bits per heavy atom. The maximum absolute atomic E-state index is 12.5. The summed E-state index contributed by atoms with van der Waals surface area (Å²) in [4.78, 5) is 14.4. The second kappa shape index (κ2) is 6.66. The van der Waals surface area contributed by atoms with E-state index in [0.717, 1.165) is 30.4 Å². The normalized spacial score (nSPS) is 16.5. The number of halogens is 1. The van der Waals surface area contributed by atoms with Gasteiger partial charge in [-0.05, 0) is 37.3 Å². The van der Waals surface area contributed by atoms with Gasteiger partial charge in [0.15, 0.2) is 0 Å². The Kier molecular flexibility index (Phi) is 5.16. The van der Waals surface area contributed by atoms with Crippen LogP contribution in [0.4, 0.5) is 0 Å². The number of ether oxygens (including phenoxy) is 1. The summed E-state index contributed by atoms with van der Waals surface area (Å²) in [5, 5.41) is 0.691. The maximum atomic E-state index is 12.5. The molecular formula is C14H18BrNO2S. The highest BCUT2D eigenvalue weighted by molar-refractivity contribution is 9.10. The van der Waals surface area contributed by atoms with Crippen LogP contribution in [-0.2, 0) is 0 Å². The number of likely N-dealkylation sites (tertiary alicyclic amines) is 1. The molecule has 0 saturated carbocycles. The second-order valence-electron chi connectivity index (χ2n) is 4.57. The Morgan fingerprint density at radius 1 is 1.42 bits per heavy atom. The van der Waals surface area contributed by atoms with Crippen LogP contribution in [0, 0.1) is 0 Å². The van der Waals surface area contributed by atoms with Gasteiger partial charge in [-0.25, -0.2) is 0 Å². The van der Waals surface area contributed by atoms with E-state index in [1.165, 1.54) is 0 Å². The highest BCUT2D eigenvalue weighted by Gasteiger charge is 2.24. The first-order valence-electron chi connectivity index (χ1n) is 6.31. The van der Waals surface area contributed by atoms with Crippen LogP contribution in [0.1, 0.15) is 23.2 Å². The van der Waals surface area contributed by atoms with Crippen molar-refractivity contribution in [3.05, 3.63) is 28.2 Å². The number of carbonyl (C=O) groups is 1. The van der Waals surface area contributed by atoms with Crippen LogP contribution in [-0.4, -0.2) is 42.5 Å². The molecular weight excluding hydrogens is 326 g/mol. The van der Waals surface area contributed by atoms with Gasteiger partial charge in [-0.3, -0.25) is 4.79 Å². The Morgan fingerprint density at radius 2 is 2.11 bits per heavy atom. The summed E-state index contributed by atoms with van der Waals surface area (Å²) < 4.78 is 6.22. The molecule has 3 nitrogen and oxygen atoms in total. The predicted molar refractivity (Wildman–Crippen MR) is 83.1 cm³/mol. The van der Waals surface area contributed by atoms with Crippen molar-refractivity contribution in [2.75, 3.05) is 26.5 Å². The molecule has 19 heavy (non-hydrogen) atoms. The van der Waals surface area contributed by atoms with Crippen LogP contribution >= 0.6 is 27.7 Å². The molecule has 1 amide bonds. The zero-order chi connectivity index (χ0) is 13.8. The van der Waals surface area contributed by atoms with E-state index >= 15 is 0 Å². The molecule has 104 valence electrons. The zero-order valence-corrected chi connectivity index (χ0v) is 13.6. The molecule has 1 aliphatic rings. The van der Waals surface area contributed by atoms with E-state index < -0.39 is 0 Å². The fourth-order valence-corrected chi connectivity index (χ4v) is 3.33. The number of hydrogen-bond acceptors (Lipinski definition) is 3. The van der Waals surface area contributed by atoms with Crippen molar-refractivity contribution in [1.82, 2.24) is 4.90 Å². The van der Waals surface area contributed by atoms with Gasteiger partial charge in [0.1, 0.15) is 5.75 Å². The van der Waals surface area contributed by atoms with Gasteiger partial charge >= 0.3 is 0 Å². The smallest absolute Gasteiger partial charge is 0.257 e. The Hall–Kier alpha value is -0.680. The lowest BCUT2D eigenvalue weighted by atomic mass is 10.1. The van der Waals surface area contributed by atoms with E-state index in [2.05, 4.69) is 22.2 Å². The van der Waals surface area contributed by atoms with Crippen LogP contribution in [0.15, 0.2) is 22.7 Å². The number of piperidine rings is 1. The summed E-state index contributed by atoms with van der Waals surface area (Å²) in [5.74, 6) is 0.704. The molecule has 0 unspecified atom stereocenters. The first-order valence-corrected chi connectivity index (χ1v) is 8.39. The van der Waals surface area contributed by atoms with E-state index in [1.54, 1.807) is 7.11 Å². The number of methoxy groups -OCH3 is 1. The Labute approximate surface area is 126 Å². The predicted octanol–water partition coefficient (Wildman–Crippen LogP) is 3.43. The van der Waals surface area contributed by atoms with Gasteiger partial charge < -0.3 is 9.64 Å². The second-order valence-corrected chi connectivity index (χ2v) is 6.63. The summed E-state index contributed by atoms with van der Waals surface area (Å²) in [6, 6.07) is 5.54. The average molecular weight is 344 g/mol. The number of benzene rings is 1. The van der Waals surface area contributed by atoms with Crippen LogP contribution in [0.2, 0.25) is 0 Å². The minimum Gasteiger partial charge on any atom is -0.496 e. The van der Waals surface area contributed by atoms with Crippen molar-refractivity contribution in [1.29, 1.82) is 0 Å². The fourth-order valence-electron chi connectivity index (χ4n) is 2.31. The third-order valence-corrected chi connectivity index (χ3v) is 5.09. The largest absolute Gasteiger partial charge is 0.496 e. The third-order valence-electron chi connectivity index (χ3n) is 3.46. The molecule has 0 aromatic heterocycles. The quantitative estimate of drug-likeness (QED) is 0.841. The van der Waals surface area contributed by atoms with Crippen LogP contribution in [0.5, 0.6) is 5.75 Å². The minimum atomic E-state index is 0.0731. The summed E-state index contributed by atoms with van der Waals surface area (Å²) in [7, 11) is 1.60. The van der Waals surface area contributed by atoms with Crippen LogP contribution in [0.25, 0.3) is 0 Å². The summed E-state index contributed by atoms with van der Waals surface area (Å²) in [6.45, 7) is 1.67. The van der Waals surface area contributed by atoms with E-state index in [1.807, 2.05) is 34.9 Å². The topological polar surface area (TPSA) is 29.5 Å². The van der Waals surface area contributed by atoms with Crippen molar-refractivity contribution in [2.45, 2.75) is 18.1 Å². The van der Waals surface area contributed by atoms with Gasteiger partial charge in [-0.2, -0.15) is 11.8 Å². The highest BCUT2D eigenvalue weighted by atomic mass is 79.9. The van der Waals surface area contributed by atoms with Crippen molar-refractivity contribution in [3.63, 3.8) is 0 Å². The molecule has 0 N–H and O–H groups in total. The molecule has 1 heterocycles. The molecule has 1 aliphatic heterocycles. The molecule has 1 aromatic rings. The molecule has 5 heteroatoms. The number of amides is 1. The van der Waals surface area contributed by atoms with E-state index in [9.17, 15) is 4.79 Å². The zero-order valence-electron chi connectivity index (χ0n) is 11.2. The molecule has 1 aromatic carbocycles. The van der Waals surface area contributed by atoms with E-state index in [0.29, 0.717) is 16.6 Å². The SMILES string of the molecule is COc1cc(Br)ccc1C(=O)N1CCC(SC)CC1. The number of thioether (sulfide) groups is 1. The Balaban J connectivity index is 2.12. The summed E-state index contributed by atoms with van der Waals surface area (Å²) >= 11 is 5.29. The summed E-state index contributed by atoms with van der Waals surface area (Å²) in [6.07, 6.45) is 4.29. The van der Waals surface area contributed by atoms with Crippen LogP contribution < -0.4 is 4.74 Å². The fraction of sp³-hybridized carbons (Fsp3) is 0.500. The molecule has 0 spiro atoms. The van der Waals surface area contributed by atoms with Gasteiger partial charge in [0.2, 0.25) is 0 Å². The van der Waals surface area contributed by atoms with Gasteiger partial charge in [-0.15, -0.1) is 0 Å². The maximum Gasteiger partial charge on any atom is 0.257 e. The van der Waals surface area contributed by atoms with Crippen molar-refractivity contribution < 1.29 is 9.53 Å². The number of carbonyl (C=O) groups excluding carboxylic acids is 1. The third kappa shape index (κ3) is 3.45. The first kappa shape index (κ1) is 14.7. The summed E-state index contributed by atoms with van der Waals surface area (Å²) in [5.41, 5.74) is 0.647. The van der Waals surface area contributed by atoms with E-state index in [-0.39, 0.29) is 5.91 Å². The van der Waals surface area contributed by atoms with Gasteiger partial charge in [0, 0.05) is 22.8 Å². The lowest BCUT2D eigenvalue weighted by Crippen LogP contribution is -2.39. The highest BCUT2D eigenvalue weighted by Crippen LogP contribution is 2.27. The van der Waals surface area contributed by atoms with Gasteiger partial charge in [-0.1, -0.05) is 15.9 Å². The molecule has 1 saturated heterocycles. The Bertz CT molecular complexity index is 459. The van der Waals surface area contributed by atoms with Crippen molar-refractivity contribution in [3.8, 4) is 5.75 Å². The number of rotatable bonds is 3. The average Bonchev–Trinajstić information content (AvgIpc) is 2.46. The molecule has 0 bridgehead atoms. The first-order chi connectivity index (χ1) is 9.15. The van der Waals surface area contributed by atoms with Crippen molar-refractivity contribution in [2.24, 2.45) is 0 Å². The standard InChI is InChI=1S/C14H18BrNO2S/c1-18-13-9-10(15)3-4-12(13)14(17)16-7-5-11(19-2)6-8-16/h3-4,9,11H,5-8H2,1-2H3. The minimum absolute atomic E-state index is 0.0731.